The second kappa shape index (κ2) is 8.63. The standard InChI is InChI=1S/C18H15Cl2N3O3.Na.H/c1-18(16(24)25)10-23(17(26)21-14-8-6-13(20)7-9-14)22-15(18)11-2-4-12(19)5-3-11;;/h2-9H,10H2,1H3,(H,21,26)(H,24,25);;. The van der Waals surface area contributed by atoms with Gasteiger partial charge in [-0.2, -0.15) is 5.10 Å². The van der Waals surface area contributed by atoms with Crippen LogP contribution in [-0.2, 0) is 4.79 Å². The first-order valence-corrected chi connectivity index (χ1v) is 8.48. The molecule has 0 aliphatic carbocycles. The zero-order valence-corrected chi connectivity index (χ0v) is 15.3. The molecule has 9 heteroatoms. The van der Waals surface area contributed by atoms with Gasteiger partial charge in [0.25, 0.3) is 0 Å². The van der Waals surface area contributed by atoms with Crippen molar-refractivity contribution in [3.8, 4) is 0 Å². The van der Waals surface area contributed by atoms with Crippen LogP contribution in [-0.4, -0.2) is 63.9 Å². The Kier molecular flexibility index (Phi) is 6.94. The van der Waals surface area contributed by atoms with Crippen molar-refractivity contribution in [1.29, 1.82) is 0 Å². The Morgan fingerprint density at radius 3 is 2.11 bits per heavy atom. The van der Waals surface area contributed by atoms with E-state index in [0.717, 1.165) is 5.01 Å². The van der Waals surface area contributed by atoms with Crippen molar-refractivity contribution in [2.24, 2.45) is 10.5 Å². The number of amides is 2. The molecular formula is C18H16Cl2N3NaO3. The maximum atomic E-state index is 12.5. The summed E-state index contributed by atoms with van der Waals surface area (Å²) in [5.41, 5.74) is 0.103. The Bertz CT molecular complexity index is 888. The van der Waals surface area contributed by atoms with Gasteiger partial charge in [0.1, 0.15) is 5.41 Å². The molecule has 1 atom stereocenters. The van der Waals surface area contributed by atoms with Crippen molar-refractivity contribution in [3.05, 3.63) is 64.1 Å². The molecule has 0 spiro atoms. The van der Waals surface area contributed by atoms with E-state index in [1.807, 2.05) is 0 Å². The number of rotatable bonds is 3. The van der Waals surface area contributed by atoms with Crippen molar-refractivity contribution in [1.82, 2.24) is 5.01 Å². The number of aliphatic carboxylic acids is 1. The number of carbonyl (C=O) groups is 2. The Hall–Kier alpha value is -1.57. The molecule has 1 aliphatic heterocycles. The topological polar surface area (TPSA) is 82.0 Å². The first kappa shape index (κ1) is 21.7. The van der Waals surface area contributed by atoms with Gasteiger partial charge in [-0.05, 0) is 48.9 Å². The van der Waals surface area contributed by atoms with Crippen LogP contribution in [0.25, 0.3) is 0 Å². The number of halogens is 2. The summed E-state index contributed by atoms with van der Waals surface area (Å²) < 4.78 is 0. The van der Waals surface area contributed by atoms with Gasteiger partial charge in [0.15, 0.2) is 0 Å². The number of benzene rings is 2. The molecule has 0 saturated carbocycles. The van der Waals surface area contributed by atoms with E-state index in [2.05, 4.69) is 10.4 Å². The molecule has 27 heavy (non-hydrogen) atoms. The van der Waals surface area contributed by atoms with E-state index in [0.29, 0.717) is 27.0 Å². The van der Waals surface area contributed by atoms with Crippen LogP contribution < -0.4 is 5.32 Å². The summed E-state index contributed by atoms with van der Waals surface area (Å²) in [6.45, 7) is 1.46. The summed E-state index contributed by atoms with van der Waals surface area (Å²) in [6, 6.07) is 12.7. The number of carboxylic acid groups (broad SMARTS) is 1. The Morgan fingerprint density at radius 2 is 1.59 bits per heavy atom. The molecule has 136 valence electrons. The van der Waals surface area contributed by atoms with E-state index >= 15 is 0 Å². The van der Waals surface area contributed by atoms with Crippen LogP contribution in [0.15, 0.2) is 53.6 Å². The van der Waals surface area contributed by atoms with Crippen LogP contribution in [0.3, 0.4) is 0 Å². The van der Waals surface area contributed by atoms with Gasteiger partial charge >= 0.3 is 41.6 Å². The summed E-state index contributed by atoms with van der Waals surface area (Å²) in [5, 5.41) is 18.8. The molecule has 0 radical (unpaired) electrons. The summed E-state index contributed by atoms with van der Waals surface area (Å²) in [6.07, 6.45) is 0. The molecule has 0 bridgehead atoms. The molecule has 1 unspecified atom stereocenters. The van der Waals surface area contributed by atoms with Crippen LogP contribution >= 0.6 is 23.2 Å². The predicted molar refractivity (Wildman–Crippen MR) is 108 cm³/mol. The molecule has 0 fully saturated rings. The number of carboxylic acids is 1. The molecule has 2 aromatic carbocycles. The summed E-state index contributed by atoms with van der Waals surface area (Å²) in [4.78, 5) is 24.4. The Labute approximate surface area is 188 Å². The molecule has 2 aromatic rings. The summed E-state index contributed by atoms with van der Waals surface area (Å²) in [7, 11) is 0. The molecule has 1 heterocycles. The number of carbonyl (C=O) groups excluding carboxylic acids is 1. The molecule has 0 aromatic heterocycles. The third-order valence-corrected chi connectivity index (χ3v) is 4.63. The average Bonchev–Trinajstić information content (AvgIpc) is 2.97. The van der Waals surface area contributed by atoms with Gasteiger partial charge in [-0.1, -0.05) is 35.3 Å². The van der Waals surface area contributed by atoms with Crippen LogP contribution in [0.4, 0.5) is 10.5 Å². The molecule has 1 aliphatic rings. The van der Waals surface area contributed by atoms with Crippen molar-refractivity contribution in [3.63, 3.8) is 0 Å². The molecule has 6 nitrogen and oxygen atoms in total. The van der Waals surface area contributed by atoms with Crippen molar-refractivity contribution in [2.75, 3.05) is 11.9 Å². The number of hydrogen-bond donors (Lipinski definition) is 2. The van der Waals surface area contributed by atoms with Gasteiger partial charge in [0.2, 0.25) is 0 Å². The molecule has 2 amide bonds. The Balaban J connectivity index is 0.00000261. The van der Waals surface area contributed by atoms with Crippen LogP contribution in [0.5, 0.6) is 0 Å². The van der Waals surface area contributed by atoms with Gasteiger partial charge < -0.3 is 10.4 Å². The van der Waals surface area contributed by atoms with Crippen LogP contribution in [0.1, 0.15) is 12.5 Å². The fourth-order valence-electron chi connectivity index (χ4n) is 2.63. The Morgan fingerprint density at radius 1 is 1.07 bits per heavy atom. The number of nitrogens with one attached hydrogen (secondary N) is 1. The van der Waals surface area contributed by atoms with Gasteiger partial charge in [0, 0.05) is 15.7 Å². The van der Waals surface area contributed by atoms with Gasteiger partial charge in [-0.25, -0.2) is 9.80 Å². The van der Waals surface area contributed by atoms with E-state index in [-0.39, 0.29) is 36.1 Å². The fourth-order valence-corrected chi connectivity index (χ4v) is 2.88. The molecule has 2 N–H and O–H groups in total. The van der Waals surface area contributed by atoms with Crippen molar-refractivity contribution >= 4 is 76.2 Å². The van der Waals surface area contributed by atoms with Gasteiger partial charge in [-0.3, -0.25) is 4.79 Å². The molecule has 0 saturated heterocycles. The van der Waals surface area contributed by atoms with E-state index in [4.69, 9.17) is 23.2 Å². The van der Waals surface area contributed by atoms with E-state index in [1.54, 1.807) is 55.5 Å². The quantitative estimate of drug-likeness (QED) is 0.749. The number of nitrogens with zero attached hydrogens (tertiary/aromatic N) is 2. The number of hydrazone groups is 1. The van der Waals surface area contributed by atoms with Crippen molar-refractivity contribution in [2.45, 2.75) is 6.92 Å². The maximum absolute atomic E-state index is 12.5. The van der Waals surface area contributed by atoms with E-state index in [1.165, 1.54) is 0 Å². The van der Waals surface area contributed by atoms with E-state index < -0.39 is 17.4 Å². The van der Waals surface area contributed by atoms with Gasteiger partial charge in [-0.15, -0.1) is 0 Å². The first-order valence-electron chi connectivity index (χ1n) is 7.72. The number of urea groups is 1. The summed E-state index contributed by atoms with van der Waals surface area (Å²) >= 11 is 11.7. The van der Waals surface area contributed by atoms with Crippen molar-refractivity contribution < 1.29 is 14.7 Å². The predicted octanol–water partition coefficient (Wildman–Crippen LogP) is 3.69. The normalized spacial score (nSPS) is 18.5. The van der Waals surface area contributed by atoms with Crippen LogP contribution in [0.2, 0.25) is 10.0 Å². The van der Waals surface area contributed by atoms with Gasteiger partial charge in [0.05, 0.1) is 12.3 Å². The second-order valence-electron chi connectivity index (χ2n) is 6.09. The average molecular weight is 416 g/mol. The number of hydrogen-bond acceptors (Lipinski definition) is 3. The first-order chi connectivity index (χ1) is 12.3. The minimum absolute atomic E-state index is 0. The SMILES string of the molecule is CC1(C(=O)O)CN(C(=O)Nc2ccc(Cl)cc2)N=C1c1ccc(Cl)cc1.[NaH]. The monoisotopic (exact) mass is 415 g/mol. The second-order valence-corrected chi connectivity index (χ2v) is 6.96. The zero-order chi connectivity index (χ0) is 18.9. The van der Waals surface area contributed by atoms with E-state index in [9.17, 15) is 14.7 Å². The summed E-state index contributed by atoms with van der Waals surface area (Å²) in [5.74, 6) is -1.06. The van der Waals surface area contributed by atoms with Crippen LogP contribution in [0, 0.1) is 5.41 Å². The molecular weight excluding hydrogens is 400 g/mol. The number of anilines is 1. The zero-order valence-electron chi connectivity index (χ0n) is 13.7. The minimum atomic E-state index is -1.33. The molecule has 3 rings (SSSR count). The third kappa shape index (κ3) is 4.65. The fraction of sp³-hybridized carbons (Fsp3) is 0.167. The third-order valence-electron chi connectivity index (χ3n) is 4.13.